The van der Waals surface area contributed by atoms with Crippen LogP contribution >= 0.6 is 0 Å². The lowest BCUT2D eigenvalue weighted by atomic mass is 10.2. The molecule has 15 heavy (non-hydrogen) atoms. The lowest BCUT2D eigenvalue weighted by molar-refractivity contribution is 0.105. The molecule has 0 radical (unpaired) electrons. The van der Waals surface area contributed by atoms with E-state index in [9.17, 15) is 5.11 Å². The van der Waals surface area contributed by atoms with Crippen LogP contribution in [0.2, 0.25) is 0 Å². The zero-order valence-electron chi connectivity index (χ0n) is 9.14. The molecule has 0 unspecified atom stereocenters. The van der Waals surface area contributed by atoms with Crippen molar-refractivity contribution in [2.24, 2.45) is 0 Å². The summed E-state index contributed by atoms with van der Waals surface area (Å²) in [5.41, 5.74) is 2.01. The molecule has 0 heterocycles. The van der Waals surface area contributed by atoms with Gasteiger partial charge >= 0.3 is 0 Å². The summed E-state index contributed by atoms with van der Waals surface area (Å²) in [6.45, 7) is 0.123. The van der Waals surface area contributed by atoms with E-state index >= 15 is 0 Å². The van der Waals surface area contributed by atoms with Crippen LogP contribution in [0.15, 0.2) is 24.3 Å². The lowest BCUT2D eigenvalue weighted by Gasteiger charge is -2.19. The van der Waals surface area contributed by atoms with E-state index in [0.717, 1.165) is 11.4 Å². The van der Waals surface area contributed by atoms with E-state index in [1.165, 1.54) is 0 Å². The summed E-state index contributed by atoms with van der Waals surface area (Å²) in [5, 5.41) is 21.0. The number of para-hydroxylation sites is 2. The first-order chi connectivity index (χ1) is 7.15. The Balaban J connectivity index is 2.67. The second kappa shape index (κ2) is 5.58. The Morgan fingerprint density at radius 2 is 2.00 bits per heavy atom. The molecule has 84 valence electrons. The number of hydrogen-bond acceptors (Lipinski definition) is 4. The molecule has 3 N–H and O–H groups in total. The van der Waals surface area contributed by atoms with Crippen molar-refractivity contribution >= 4 is 11.4 Å². The van der Waals surface area contributed by atoms with Gasteiger partial charge in [0.15, 0.2) is 0 Å². The fraction of sp³-hybridized carbons (Fsp3) is 0.455. The van der Waals surface area contributed by atoms with Gasteiger partial charge in [-0.25, -0.2) is 0 Å². The third-order valence-corrected chi connectivity index (χ3v) is 2.12. The molecule has 0 fully saturated rings. The van der Waals surface area contributed by atoms with Crippen LogP contribution in [0.3, 0.4) is 0 Å². The molecule has 0 saturated carbocycles. The highest BCUT2D eigenvalue weighted by molar-refractivity contribution is 5.69. The summed E-state index contributed by atoms with van der Waals surface area (Å²) in [5.74, 6) is 0. The van der Waals surface area contributed by atoms with Crippen molar-refractivity contribution in [1.82, 2.24) is 0 Å². The summed E-state index contributed by atoms with van der Waals surface area (Å²) >= 11 is 0. The van der Waals surface area contributed by atoms with Gasteiger partial charge in [-0.2, -0.15) is 0 Å². The molecule has 1 atom stereocenters. The van der Waals surface area contributed by atoms with E-state index in [1.807, 2.05) is 43.3 Å². The monoisotopic (exact) mass is 210 g/mol. The van der Waals surface area contributed by atoms with Gasteiger partial charge in [-0.1, -0.05) is 12.1 Å². The Bertz CT molecular complexity index is 302. The summed E-state index contributed by atoms with van der Waals surface area (Å²) in [6.07, 6.45) is -0.722. The number of rotatable bonds is 5. The van der Waals surface area contributed by atoms with Crippen LogP contribution in [-0.4, -0.2) is 43.6 Å². The summed E-state index contributed by atoms with van der Waals surface area (Å²) in [4.78, 5) is 1.99. The minimum atomic E-state index is -0.722. The molecule has 1 rings (SSSR count). The van der Waals surface area contributed by atoms with Crippen molar-refractivity contribution in [1.29, 1.82) is 0 Å². The van der Waals surface area contributed by atoms with E-state index in [1.54, 1.807) is 0 Å². The van der Waals surface area contributed by atoms with E-state index in [0.29, 0.717) is 6.54 Å². The minimum Gasteiger partial charge on any atom is -0.394 e. The molecule has 0 spiro atoms. The molecule has 0 aliphatic rings. The first kappa shape index (κ1) is 11.8. The van der Waals surface area contributed by atoms with Crippen molar-refractivity contribution in [2.45, 2.75) is 6.10 Å². The lowest BCUT2D eigenvalue weighted by Crippen LogP contribution is -2.24. The number of anilines is 2. The molecule has 1 aromatic carbocycles. The van der Waals surface area contributed by atoms with Crippen molar-refractivity contribution in [3.63, 3.8) is 0 Å². The molecule has 4 heteroatoms. The maximum Gasteiger partial charge on any atom is 0.0942 e. The van der Waals surface area contributed by atoms with E-state index in [-0.39, 0.29) is 6.61 Å². The highest BCUT2D eigenvalue weighted by atomic mass is 16.3. The number of benzene rings is 1. The summed E-state index contributed by atoms with van der Waals surface area (Å²) in [6, 6.07) is 7.83. The molecular formula is C11H18N2O2. The third-order valence-electron chi connectivity index (χ3n) is 2.12. The van der Waals surface area contributed by atoms with Gasteiger partial charge in [0, 0.05) is 20.6 Å². The average Bonchev–Trinajstić information content (AvgIpc) is 2.26. The Labute approximate surface area is 90.2 Å². The van der Waals surface area contributed by atoms with Crippen LogP contribution in [0.4, 0.5) is 11.4 Å². The van der Waals surface area contributed by atoms with Crippen LogP contribution in [0.5, 0.6) is 0 Å². The molecule has 0 aliphatic heterocycles. The average molecular weight is 210 g/mol. The standard InChI is InChI=1S/C11H18N2O2/c1-13(2)11-6-4-3-5-10(11)12-7-9(15)8-14/h3-6,9,12,14-15H,7-8H2,1-2H3/t9-/m0/s1. The van der Waals surface area contributed by atoms with Crippen LogP contribution in [-0.2, 0) is 0 Å². The second-order valence-electron chi connectivity index (χ2n) is 3.63. The van der Waals surface area contributed by atoms with Crippen molar-refractivity contribution in [3.05, 3.63) is 24.3 Å². The quantitative estimate of drug-likeness (QED) is 0.663. The number of aliphatic hydroxyl groups is 2. The normalized spacial score (nSPS) is 12.3. The van der Waals surface area contributed by atoms with Gasteiger partial charge in [0.2, 0.25) is 0 Å². The Kier molecular flexibility index (Phi) is 4.39. The van der Waals surface area contributed by atoms with Gasteiger partial charge in [-0.05, 0) is 12.1 Å². The molecule has 0 saturated heterocycles. The summed E-state index contributed by atoms with van der Waals surface area (Å²) in [7, 11) is 3.92. The summed E-state index contributed by atoms with van der Waals surface area (Å²) < 4.78 is 0. The Morgan fingerprint density at radius 1 is 1.33 bits per heavy atom. The van der Waals surface area contributed by atoms with Gasteiger partial charge in [-0.3, -0.25) is 0 Å². The fourth-order valence-electron chi connectivity index (χ4n) is 1.31. The van der Waals surface area contributed by atoms with Gasteiger partial charge in [0.1, 0.15) is 0 Å². The van der Waals surface area contributed by atoms with E-state index < -0.39 is 6.10 Å². The van der Waals surface area contributed by atoms with Crippen molar-refractivity contribution < 1.29 is 10.2 Å². The second-order valence-corrected chi connectivity index (χ2v) is 3.63. The van der Waals surface area contributed by atoms with Gasteiger partial charge in [0.25, 0.3) is 0 Å². The van der Waals surface area contributed by atoms with Crippen LogP contribution in [0.1, 0.15) is 0 Å². The molecule has 4 nitrogen and oxygen atoms in total. The van der Waals surface area contributed by atoms with Crippen molar-refractivity contribution in [2.75, 3.05) is 37.5 Å². The SMILES string of the molecule is CN(C)c1ccccc1NC[C@H](O)CO. The predicted molar refractivity (Wildman–Crippen MR) is 62.4 cm³/mol. The zero-order chi connectivity index (χ0) is 11.3. The highest BCUT2D eigenvalue weighted by Crippen LogP contribution is 2.23. The van der Waals surface area contributed by atoms with Crippen LogP contribution in [0.25, 0.3) is 0 Å². The molecule has 0 bridgehead atoms. The number of nitrogens with one attached hydrogen (secondary N) is 1. The largest absolute Gasteiger partial charge is 0.394 e. The maximum absolute atomic E-state index is 9.22. The van der Waals surface area contributed by atoms with Crippen LogP contribution < -0.4 is 10.2 Å². The number of aliphatic hydroxyl groups excluding tert-OH is 2. The molecular weight excluding hydrogens is 192 g/mol. The smallest absolute Gasteiger partial charge is 0.0942 e. The van der Waals surface area contributed by atoms with Crippen LogP contribution in [0, 0.1) is 0 Å². The van der Waals surface area contributed by atoms with Gasteiger partial charge in [0.05, 0.1) is 24.1 Å². The maximum atomic E-state index is 9.22. The van der Waals surface area contributed by atoms with Crippen molar-refractivity contribution in [3.8, 4) is 0 Å². The van der Waals surface area contributed by atoms with E-state index in [2.05, 4.69) is 5.32 Å². The van der Waals surface area contributed by atoms with E-state index in [4.69, 9.17) is 5.11 Å². The minimum absolute atomic E-state index is 0.225. The highest BCUT2D eigenvalue weighted by Gasteiger charge is 2.05. The number of hydrogen-bond donors (Lipinski definition) is 3. The Morgan fingerprint density at radius 3 is 2.60 bits per heavy atom. The van der Waals surface area contributed by atoms with Gasteiger partial charge in [-0.15, -0.1) is 0 Å². The molecule has 0 aliphatic carbocycles. The predicted octanol–water partition coefficient (Wildman–Crippen LogP) is 0.518. The fourth-order valence-corrected chi connectivity index (χ4v) is 1.31. The molecule has 0 amide bonds. The topological polar surface area (TPSA) is 55.7 Å². The first-order valence-electron chi connectivity index (χ1n) is 4.94. The third kappa shape index (κ3) is 3.42. The Hall–Kier alpha value is -1.26. The van der Waals surface area contributed by atoms with Gasteiger partial charge < -0.3 is 20.4 Å². The molecule has 0 aromatic heterocycles. The molecule has 1 aromatic rings. The zero-order valence-corrected chi connectivity index (χ0v) is 9.14. The first-order valence-corrected chi connectivity index (χ1v) is 4.94. The number of nitrogens with zero attached hydrogens (tertiary/aromatic N) is 1.